The van der Waals surface area contributed by atoms with Gasteiger partial charge in [-0.15, -0.1) is 0 Å². The van der Waals surface area contributed by atoms with Crippen LogP contribution in [0.1, 0.15) is 28.8 Å². The fourth-order valence-electron chi connectivity index (χ4n) is 4.57. The van der Waals surface area contributed by atoms with Gasteiger partial charge in [-0.2, -0.15) is 13.2 Å². The third-order valence-corrected chi connectivity index (χ3v) is 7.40. The van der Waals surface area contributed by atoms with Crippen molar-refractivity contribution in [3.8, 4) is 0 Å². The number of nitrogens with one attached hydrogen (secondary N) is 2. The number of nitrogens with zero attached hydrogens (tertiary/aromatic N) is 2. The first-order valence-electron chi connectivity index (χ1n) is 10.2. The topological polar surface area (TPSA) is 86.2 Å². The van der Waals surface area contributed by atoms with E-state index in [1.54, 1.807) is 0 Å². The Balaban J connectivity index is 1.70. The number of halogens is 6. The quantitative estimate of drug-likeness (QED) is 0.517. The molecule has 1 amide bonds. The van der Waals surface area contributed by atoms with E-state index in [1.807, 2.05) is 0 Å². The molecular formula is C21H20ClF5N4O2S. The van der Waals surface area contributed by atoms with E-state index in [4.69, 9.17) is 16.4 Å². The molecule has 1 aromatic heterocycles. The van der Waals surface area contributed by atoms with E-state index in [2.05, 4.69) is 10.3 Å². The molecule has 1 aliphatic carbocycles. The number of amides is 1. The van der Waals surface area contributed by atoms with Gasteiger partial charge in [-0.3, -0.25) is 4.79 Å². The van der Waals surface area contributed by atoms with Crippen molar-refractivity contribution in [3.63, 3.8) is 0 Å². The van der Waals surface area contributed by atoms with E-state index < -0.39 is 50.2 Å². The molecule has 2 fully saturated rings. The number of carbonyl (C=O) groups excluding carboxylic acids is 1. The van der Waals surface area contributed by atoms with Crippen LogP contribution in [-0.4, -0.2) is 40.4 Å². The molecule has 6 nitrogen and oxygen atoms in total. The van der Waals surface area contributed by atoms with Crippen LogP contribution in [-0.2, 0) is 15.9 Å². The van der Waals surface area contributed by atoms with E-state index in [1.165, 1.54) is 23.2 Å². The molecule has 0 bridgehead atoms. The molecule has 184 valence electrons. The van der Waals surface area contributed by atoms with Crippen molar-refractivity contribution in [1.82, 2.24) is 4.98 Å². The first kappa shape index (κ1) is 24.6. The fourth-order valence-corrected chi connectivity index (χ4v) is 5.45. The molecule has 0 spiro atoms. The Morgan fingerprint density at radius 2 is 1.85 bits per heavy atom. The highest BCUT2D eigenvalue weighted by Crippen LogP contribution is 2.49. The number of aromatic nitrogens is 1. The van der Waals surface area contributed by atoms with Crippen LogP contribution in [0, 0.1) is 16.6 Å². The number of alkyl halides is 5. The van der Waals surface area contributed by atoms with Crippen molar-refractivity contribution >= 4 is 38.6 Å². The first-order chi connectivity index (χ1) is 15.6. The SMILES string of the molecule is CS(=N)(=O)c1cc(NC(=O)c2cc(Cl)c(C(F)(F)F)cc2N2C[C@@H]3CC(F)(F)C[C@@H]3C2)ccn1. The van der Waals surface area contributed by atoms with Gasteiger partial charge >= 0.3 is 6.18 Å². The van der Waals surface area contributed by atoms with Crippen molar-refractivity contribution in [1.29, 1.82) is 4.78 Å². The fraction of sp³-hybridized carbons (Fsp3) is 0.429. The Labute approximate surface area is 197 Å². The van der Waals surface area contributed by atoms with E-state index in [0.29, 0.717) is 0 Å². The van der Waals surface area contributed by atoms with E-state index in [9.17, 15) is 31.0 Å². The summed E-state index contributed by atoms with van der Waals surface area (Å²) in [4.78, 5) is 18.4. The first-order valence-corrected chi connectivity index (χ1v) is 12.5. The number of pyridine rings is 1. The van der Waals surface area contributed by atoms with Gasteiger partial charge in [-0.25, -0.2) is 22.8 Å². The minimum Gasteiger partial charge on any atom is -0.370 e. The van der Waals surface area contributed by atoms with E-state index in [0.717, 1.165) is 18.4 Å². The van der Waals surface area contributed by atoms with Gasteiger partial charge in [0.2, 0.25) is 5.92 Å². The van der Waals surface area contributed by atoms with E-state index in [-0.39, 0.29) is 47.9 Å². The summed E-state index contributed by atoms with van der Waals surface area (Å²) in [7, 11) is -3.17. The molecule has 1 unspecified atom stereocenters. The van der Waals surface area contributed by atoms with Crippen LogP contribution >= 0.6 is 11.6 Å². The van der Waals surface area contributed by atoms with Crippen LogP contribution < -0.4 is 10.2 Å². The number of carbonyl (C=O) groups is 1. The zero-order valence-electron chi connectivity index (χ0n) is 17.8. The van der Waals surface area contributed by atoms with Crippen molar-refractivity contribution in [3.05, 3.63) is 46.6 Å². The maximum absolute atomic E-state index is 13.7. The second kappa shape index (κ2) is 8.33. The Bertz CT molecular complexity index is 1240. The smallest absolute Gasteiger partial charge is 0.370 e. The van der Waals surface area contributed by atoms with Crippen LogP contribution in [0.3, 0.4) is 0 Å². The summed E-state index contributed by atoms with van der Waals surface area (Å²) in [6.07, 6.45) is -3.08. The zero-order valence-corrected chi connectivity index (χ0v) is 19.3. The minimum atomic E-state index is -4.78. The third kappa shape index (κ3) is 4.97. The van der Waals surface area contributed by atoms with Gasteiger partial charge in [-0.1, -0.05) is 11.6 Å². The molecule has 2 heterocycles. The number of benzene rings is 1. The Kier molecular flexibility index (Phi) is 6.04. The van der Waals surface area contributed by atoms with Crippen molar-refractivity contribution in [2.75, 3.05) is 29.6 Å². The summed E-state index contributed by atoms with van der Waals surface area (Å²) in [6.45, 7) is 0.186. The molecule has 1 saturated heterocycles. The lowest BCUT2D eigenvalue weighted by Crippen LogP contribution is -2.27. The number of fused-ring (bicyclic) bond motifs is 1. The highest BCUT2D eigenvalue weighted by atomic mass is 35.5. The lowest BCUT2D eigenvalue weighted by molar-refractivity contribution is -0.137. The molecule has 13 heteroatoms. The predicted octanol–water partition coefficient (Wildman–Crippen LogP) is 5.52. The van der Waals surface area contributed by atoms with Gasteiger partial charge in [0.15, 0.2) is 0 Å². The zero-order chi connectivity index (χ0) is 25.1. The predicted molar refractivity (Wildman–Crippen MR) is 117 cm³/mol. The average molecular weight is 523 g/mol. The number of hydrogen-bond acceptors (Lipinski definition) is 5. The van der Waals surface area contributed by atoms with Crippen LogP contribution in [0.2, 0.25) is 5.02 Å². The summed E-state index contributed by atoms with van der Waals surface area (Å²) in [6, 6.07) is 4.30. The maximum atomic E-state index is 13.7. The average Bonchev–Trinajstić information content (AvgIpc) is 3.19. The molecule has 1 aromatic carbocycles. The Hall–Kier alpha value is -2.47. The highest BCUT2D eigenvalue weighted by molar-refractivity contribution is 7.91. The number of anilines is 2. The summed E-state index contributed by atoms with van der Waals surface area (Å²) < 4.78 is 87.7. The van der Waals surface area contributed by atoms with Crippen molar-refractivity contribution in [2.45, 2.75) is 30.0 Å². The molecule has 0 radical (unpaired) electrons. The van der Waals surface area contributed by atoms with Gasteiger partial charge in [0, 0.05) is 44.1 Å². The lowest BCUT2D eigenvalue weighted by Gasteiger charge is -2.25. The van der Waals surface area contributed by atoms with Crippen molar-refractivity contribution < 1.29 is 31.0 Å². The normalized spacial score (nSPS) is 23.4. The van der Waals surface area contributed by atoms with Gasteiger partial charge in [-0.05, 0) is 36.1 Å². The number of rotatable bonds is 4. The Morgan fingerprint density at radius 1 is 1.24 bits per heavy atom. The molecule has 2 N–H and O–H groups in total. The van der Waals surface area contributed by atoms with Crippen LogP contribution in [0.5, 0.6) is 0 Å². The monoisotopic (exact) mass is 522 g/mol. The molecule has 1 saturated carbocycles. The molecule has 4 rings (SSSR count). The molecule has 2 aromatic rings. The molecule has 2 aliphatic rings. The standard InChI is InChI=1S/C21H20ClF5N4O2S/c1-34(28,33)18-4-13(2-3-29-18)30-19(32)14-5-16(22)15(21(25,26)27)6-17(14)31-9-11-7-20(23,24)8-12(11)10-31/h2-6,11-12,28H,7-10H2,1H3,(H,29,30,32)/t11-,12+,34?. The summed E-state index contributed by atoms with van der Waals surface area (Å²) in [5, 5.41) is 1.75. The van der Waals surface area contributed by atoms with E-state index >= 15 is 0 Å². The third-order valence-electron chi connectivity index (χ3n) is 6.07. The highest BCUT2D eigenvalue weighted by Gasteiger charge is 2.50. The van der Waals surface area contributed by atoms with Gasteiger partial charge in [0.25, 0.3) is 5.91 Å². The molecular weight excluding hydrogens is 503 g/mol. The maximum Gasteiger partial charge on any atom is 0.417 e. The van der Waals surface area contributed by atoms with Gasteiger partial charge < -0.3 is 10.2 Å². The van der Waals surface area contributed by atoms with Crippen molar-refractivity contribution in [2.24, 2.45) is 11.8 Å². The molecule has 34 heavy (non-hydrogen) atoms. The van der Waals surface area contributed by atoms with Crippen LogP contribution in [0.4, 0.5) is 33.3 Å². The lowest BCUT2D eigenvalue weighted by atomic mass is 10.0. The van der Waals surface area contributed by atoms with Crippen LogP contribution in [0.25, 0.3) is 0 Å². The summed E-state index contributed by atoms with van der Waals surface area (Å²) in [5.74, 6) is -4.38. The number of hydrogen-bond donors (Lipinski definition) is 2. The largest absolute Gasteiger partial charge is 0.417 e. The summed E-state index contributed by atoms with van der Waals surface area (Å²) >= 11 is 5.87. The van der Waals surface area contributed by atoms with Gasteiger partial charge in [0.1, 0.15) is 5.03 Å². The van der Waals surface area contributed by atoms with Crippen LogP contribution in [0.15, 0.2) is 35.5 Å². The molecule has 3 atom stereocenters. The minimum absolute atomic E-state index is 0.0546. The molecule has 1 aliphatic heterocycles. The summed E-state index contributed by atoms with van der Waals surface area (Å²) in [5.41, 5.74) is -1.21. The second-order valence-corrected chi connectivity index (χ2v) is 11.2. The second-order valence-electron chi connectivity index (χ2n) is 8.72. The Morgan fingerprint density at radius 3 is 2.41 bits per heavy atom. The van der Waals surface area contributed by atoms with Gasteiger partial charge in [0.05, 0.1) is 31.6 Å².